The van der Waals surface area contributed by atoms with Gasteiger partial charge < -0.3 is 15.5 Å². The Morgan fingerprint density at radius 1 is 1.07 bits per heavy atom. The molecule has 0 saturated carbocycles. The van der Waals surface area contributed by atoms with E-state index in [1.54, 1.807) is 24.3 Å². The Morgan fingerprint density at radius 3 is 2.52 bits per heavy atom. The largest absolute Gasteiger partial charge is 0.489 e. The normalized spacial score (nSPS) is 10.0. The van der Waals surface area contributed by atoms with Crippen LogP contribution in [-0.4, -0.2) is 4.98 Å². The lowest BCUT2D eigenvalue weighted by Gasteiger charge is -2.11. The molecular weight excluding hydrogens is 340 g/mol. The summed E-state index contributed by atoms with van der Waals surface area (Å²) in [6.45, 7) is 2.38. The van der Waals surface area contributed by atoms with Crippen molar-refractivity contribution in [2.45, 2.75) is 13.5 Å². The Kier molecular flexibility index (Phi) is 4.92. The van der Waals surface area contributed by atoms with Crippen LogP contribution in [0.15, 0.2) is 53.3 Å². The van der Waals surface area contributed by atoms with Crippen molar-refractivity contribution in [3.8, 4) is 29.0 Å². The molecule has 0 bridgehead atoms. The van der Waals surface area contributed by atoms with E-state index in [0.29, 0.717) is 17.9 Å². The minimum absolute atomic E-state index is 0.0574. The first-order valence-electron chi connectivity index (χ1n) is 8.18. The first-order chi connectivity index (χ1) is 13.0. The zero-order chi connectivity index (χ0) is 19.4. The number of nitrogens with zero attached hydrogens (tertiary/aromatic N) is 2. The standard InChI is InChI=1S/C21H16N4O2/c1-13-4-2-5-14(8-13)12-27-16-7-3-6-15(9-16)19-17(10-22)20(24)25-21(26)18(19)11-23/h2-9H,12H2,1H3,(H3,24,25,26). The smallest absolute Gasteiger partial charge is 0.268 e. The number of pyridine rings is 1. The summed E-state index contributed by atoms with van der Waals surface area (Å²) in [7, 11) is 0. The van der Waals surface area contributed by atoms with Crippen LogP contribution >= 0.6 is 0 Å². The van der Waals surface area contributed by atoms with Gasteiger partial charge in [-0.25, -0.2) is 0 Å². The van der Waals surface area contributed by atoms with Crippen LogP contribution in [0.1, 0.15) is 22.3 Å². The van der Waals surface area contributed by atoms with Crippen LogP contribution in [0.5, 0.6) is 5.75 Å². The summed E-state index contributed by atoms with van der Waals surface area (Å²) in [5.74, 6) is 0.489. The average Bonchev–Trinajstić information content (AvgIpc) is 2.66. The maximum atomic E-state index is 12.1. The summed E-state index contributed by atoms with van der Waals surface area (Å²) in [6, 6.07) is 18.7. The number of aromatic nitrogens is 1. The Labute approximate surface area is 156 Å². The highest BCUT2D eigenvalue weighted by Gasteiger charge is 2.18. The molecule has 3 N–H and O–H groups in total. The lowest BCUT2D eigenvalue weighted by atomic mass is 9.96. The van der Waals surface area contributed by atoms with Crippen molar-refractivity contribution < 1.29 is 4.74 Å². The number of aryl methyl sites for hydroxylation is 1. The molecule has 0 aliphatic carbocycles. The fourth-order valence-corrected chi connectivity index (χ4v) is 2.84. The van der Waals surface area contributed by atoms with Crippen molar-refractivity contribution in [3.05, 3.63) is 81.1 Å². The quantitative estimate of drug-likeness (QED) is 0.744. The molecule has 2 aromatic carbocycles. The van der Waals surface area contributed by atoms with E-state index in [2.05, 4.69) is 4.98 Å². The molecule has 0 aliphatic heterocycles. The molecule has 27 heavy (non-hydrogen) atoms. The van der Waals surface area contributed by atoms with E-state index >= 15 is 0 Å². The number of nitriles is 2. The number of nitrogen functional groups attached to an aromatic ring is 1. The van der Waals surface area contributed by atoms with Crippen molar-refractivity contribution in [1.29, 1.82) is 10.5 Å². The first kappa shape index (κ1) is 17.8. The van der Waals surface area contributed by atoms with Gasteiger partial charge in [0.1, 0.15) is 41.4 Å². The Morgan fingerprint density at radius 2 is 1.81 bits per heavy atom. The number of benzene rings is 2. The van der Waals surface area contributed by atoms with E-state index in [1.807, 2.05) is 43.3 Å². The second-order valence-corrected chi connectivity index (χ2v) is 6.02. The topological polar surface area (TPSA) is 116 Å². The van der Waals surface area contributed by atoms with Crippen molar-refractivity contribution >= 4 is 5.82 Å². The van der Waals surface area contributed by atoms with Gasteiger partial charge in [0, 0.05) is 5.56 Å². The molecule has 0 saturated heterocycles. The molecule has 1 heterocycles. The van der Waals surface area contributed by atoms with Crippen LogP contribution in [0.25, 0.3) is 11.1 Å². The van der Waals surface area contributed by atoms with E-state index in [0.717, 1.165) is 11.1 Å². The molecule has 3 aromatic rings. The van der Waals surface area contributed by atoms with Crippen LogP contribution in [0.4, 0.5) is 5.82 Å². The maximum Gasteiger partial charge on any atom is 0.268 e. The van der Waals surface area contributed by atoms with Gasteiger partial charge in [0.25, 0.3) is 5.56 Å². The minimum Gasteiger partial charge on any atom is -0.489 e. The van der Waals surface area contributed by atoms with Gasteiger partial charge in [-0.2, -0.15) is 10.5 Å². The van der Waals surface area contributed by atoms with Crippen LogP contribution in [0.2, 0.25) is 0 Å². The van der Waals surface area contributed by atoms with Gasteiger partial charge in [0.05, 0.1) is 0 Å². The summed E-state index contributed by atoms with van der Waals surface area (Å²) >= 11 is 0. The maximum absolute atomic E-state index is 12.1. The van der Waals surface area contributed by atoms with Gasteiger partial charge in [0.15, 0.2) is 0 Å². The molecular formula is C21H16N4O2. The second kappa shape index (κ2) is 7.47. The molecule has 0 fully saturated rings. The molecule has 1 aromatic heterocycles. The molecule has 6 heteroatoms. The molecule has 0 atom stereocenters. The Hall–Kier alpha value is -4.03. The van der Waals surface area contributed by atoms with Gasteiger partial charge in [-0.1, -0.05) is 42.0 Å². The summed E-state index contributed by atoms with van der Waals surface area (Å²) < 4.78 is 5.83. The molecule has 0 amide bonds. The molecule has 0 spiro atoms. The van der Waals surface area contributed by atoms with Crippen molar-refractivity contribution in [2.75, 3.05) is 5.73 Å². The molecule has 0 radical (unpaired) electrons. The van der Waals surface area contributed by atoms with Gasteiger partial charge in [-0.15, -0.1) is 0 Å². The molecule has 132 valence electrons. The van der Waals surface area contributed by atoms with E-state index in [4.69, 9.17) is 10.5 Å². The fraction of sp³-hybridized carbons (Fsp3) is 0.0952. The zero-order valence-corrected chi connectivity index (χ0v) is 14.6. The van der Waals surface area contributed by atoms with E-state index in [9.17, 15) is 15.3 Å². The number of anilines is 1. The van der Waals surface area contributed by atoms with Gasteiger partial charge in [-0.3, -0.25) is 4.79 Å². The third-order valence-corrected chi connectivity index (χ3v) is 4.08. The summed E-state index contributed by atoms with van der Waals surface area (Å²) in [6.07, 6.45) is 0. The Balaban J connectivity index is 2.01. The number of H-pyrrole nitrogens is 1. The number of hydrogen-bond acceptors (Lipinski definition) is 5. The highest BCUT2D eigenvalue weighted by atomic mass is 16.5. The van der Waals surface area contributed by atoms with Gasteiger partial charge in [-0.05, 0) is 30.2 Å². The zero-order valence-electron chi connectivity index (χ0n) is 14.6. The molecule has 3 rings (SSSR count). The predicted molar refractivity (Wildman–Crippen MR) is 102 cm³/mol. The Bertz CT molecular complexity index is 1150. The third kappa shape index (κ3) is 3.65. The summed E-state index contributed by atoms with van der Waals surface area (Å²) in [5.41, 5.74) is 7.92. The van der Waals surface area contributed by atoms with Crippen LogP contribution in [0.3, 0.4) is 0 Å². The van der Waals surface area contributed by atoms with Crippen molar-refractivity contribution in [1.82, 2.24) is 4.98 Å². The van der Waals surface area contributed by atoms with Crippen molar-refractivity contribution in [2.24, 2.45) is 0 Å². The number of aromatic amines is 1. The number of nitrogens with two attached hydrogens (primary N) is 1. The number of rotatable bonds is 4. The van der Waals surface area contributed by atoms with Gasteiger partial charge >= 0.3 is 0 Å². The number of nitrogens with one attached hydrogen (secondary N) is 1. The molecule has 0 unspecified atom stereocenters. The van der Waals surface area contributed by atoms with Crippen LogP contribution in [0, 0.1) is 29.6 Å². The highest BCUT2D eigenvalue weighted by Crippen LogP contribution is 2.30. The molecule has 0 aliphatic rings. The third-order valence-electron chi connectivity index (χ3n) is 4.08. The molecule has 6 nitrogen and oxygen atoms in total. The lowest BCUT2D eigenvalue weighted by Crippen LogP contribution is -2.16. The number of hydrogen-bond donors (Lipinski definition) is 2. The van der Waals surface area contributed by atoms with Gasteiger partial charge in [0.2, 0.25) is 0 Å². The second-order valence-electron chi connectivity index (χ2n) is 6.02. The minimum atomic E-state index is -0.630. The van der Waals surface area contributed by atoms with E-state index in [1.165, 1.54) is 0 Å². The predicted octanol–water partition coefficient (Wildman–Crippen LogP) is 3.25. The summed E-state index contributed by atoms with van der Waals surface area (Å²) in [5, 5.41) is 18.8. The summed E-state index contributed by atoms with van der Waals surface area (Å²) in [4.78, 5) is 14.4. The van der Waals surface area contributed by atoms with Crippen molar-refractivity contribution in [3.63, 3.8) is 0 Å². The average molecular weight is 356 g/mol. The highest BCUT2D eigenvalue weighted by molar-refractivity contribution is 5.80. The fourth-order valence-electron chi connectivity index (χ4n) is 2.84. The lowest BCUT2D eigenvalue weighted by molar-refractivity contribution is 0.306. The SMILES string of the molecule is Cc1cccc(COc2cccc(-c3c(C#N)c(N)[nH]c(=O)c3C#N)c2)c1. The monoisotopic (exact) mass is 356 g/mol. The first-order valence-corrected chi connectivity index (χ1v) is 8.18. The number of ether oxygens (including phenoxy) is 1. The van der Waals surface area contributed by atoms with Crippen LogP contribution in [-0.2, 0) is 6.61 Å². The van der Waals surface area contributed by atoms with Crippen LogP contribution < -0.4 is 16.0 Å². The van der Waals surface area contributed by atoms with E-state index < -0.39 is 5.56 Å². The van der Waals surface area contributed by atoms with E-state index in [-0.39, 0.29) is 22.5 Å².